The summed E-state index contributed by atoms with van der Waals surface area (Å²) in [7, 11) is 0. The molecule has 0 radical (unpaired) electrons. The van der Waals surface area contributed by atoms with Gasteiger partial charge in [0.1, 0.15) is 6.04 Å². The third-order valence-electron chi connectivity index (χ3n) is 6.60. The Balaban J connectivity index is 1.44. The van der Waals surface area contributed by atoms with E-state index in [2.05, 4.69) is 21.2 Å². The maximum atomic E-state index is 13.5. The van der Waals surface area contributed by atoms with Crippen molar-refractivity contribution in [1.82, 2.24) is 14.7 Å². The highest BCUT2D eigenvalue weighted by Crippen LogP contribution is 2.26. The van der Waals surface area contributed by atoms with Crippen LogP contribution in [0.4, 0.5) is 5.69 Å². The van der Waals surface area contributed by atoms with Crippen LogP contribution in [0.1, 0.15) is 35.6 Å². The largest absolute Gasteiger partial charge is 0.342 e. The molecule has 2 saturated heterocycles. The van der Waals surface area contributed by atoms with Crippen LogP contribution in [0.15, 0.2) is 48.5 Å². The van der Waals surface area contributed by atoms with E-state index >= 15 is 0 Å². The molecule has 0 aromatic heterocycles. The lowest BCUT2D eigenvalue weighted by Crippen LogP contribution is -2.52. The predicted molar refractivity (Wildman–Crippen MR) is 128 cm³/mol. The van der Waals surface area contributed by atoms with Crippen molar-refractivity contribution < 1.29 is 9.59 Å². The Morgan fingerprint density at radius 2 is 1.59 bits per heavy atom. The van der Waals surface area contributed by atoms with E-state index in [0.29, 0.717) is 6.54 Å². The van der Waals surface area contributed by atoms with Gasteiger partial charge in [0.05, 0.1) is 6.54 Å². The quantitative estimate of drug-likeness (QED) is 0.759. The number of rotatable bonds is 6. The molecule has 170 valence electrons. The maximum Gasteiger partial charge on any atom is 0.246 e. The molecular formula is C26H34N4O2. The van der Waals surface area contributed by atoms with Crippen LogP contribution in [0.5, 0.6) is 0 Å². The standard InChI is InChI=1S/C26H34N4O2/c1-20-10-11-21(2)23(18-20)27-26(32)25(22-8-4-3-5-9-22)30-16-14-28(15-17-30)19-24(31)29-12-6-7-13-29/h3-5,8-11,18,25H,6-7,12-17,19H2,1-2H3,(H,27,32)/t25-/m1/s1. The summed E-state index contributed by atoms with van der Waals surface area (Å²) < 4.78 is 0. The zero-order valence-corrected chi connectivity index (χ0v) is 19.2. The highest BCUT2D eigenvalue weighted by molar-refractivity contribution is 5.96. The van der Waals surface area contributed by atoms with Crippen molar-refractivity contribution in [2.45, 2.75) is 32.7 Å². The number of benzene rings is 2. The fourth-order valence-corrected chi connectivity index (χ4v) is 4.67. The molecule has 0 bridgehead atoms. The fourth-order valence-electron chi connectivity index (χ4n) is 4.67. The third-order valence-corrected chi connectivity index (χ3v) is 6.60. The summed E-state index contributed by atoms with van der Waals surface area (Å²) in [6.07, 6.45) is 2.24. The summed E-state index contributed by atoms with van der Waals surface area (Å²) in [6, 6.07) is 15.8. The van der Waals surface area contributed by atoms with Gasteiger partial charge in [-0.15, -0.1) is 0 Å². The summed E-state index contributed by atoms with van der Waals surface area (Å²) in [5, 5.41) is 3.17. The number of nitrogens with zero attached hydrogens (tertiary/aromatic N) is 3. The second kappa shape index (κ2) is 10.3. The topological polar surface area (TPSA) is 55.9 Å². The lowest BCUT2D eigenvalue weighted by Gasteiger charge is -2.39. The monoisotopic (exact) mass is 434 g/mol. The number of carbonyl (C=O) groups is 2. The molecule has 2 aromatic rings. The Bertz CT molecular complexity index is 932. The van der Waals surface area contributed by atoms with Gasteiger partial charge in [0.15, 0.2) is 0 Å². The molecule has 2 aliphatic heterocycles. The predicted octanol–water partition coefficient (Wildman–Crippen LogP) is 3.22. The van der Waals surface area contributed by atoms with Crippen LogP contribution in [-0.2, 0) is 9.59 Å². The molecule has 0 spiro atoms. The van der Waals surface area contributed by atoms with Crippen LogP contribution in [-0.4, -0.2) is 72.3 Å². The van der Waals surface area contributed by atoms with Crippen molar-refractivity contribution in [2.75, 3.05) is 51.1 Å². The summed E-state index contributed by atoms with van der Waals surface area (Å²) in [6.45, 7) is 9.42. The maximum absolute atomic E-state index is 13.5. The minimum atomic E-state index is -0.354. The van der Waals surface area contributed by atoms with Gasteiger partial charge in [-0.2, -0.15) is 0 Å². The Kier molecular flexibility index (Phi) is 7.22. The van der Waals surface area contributed by atoms with Gasteiger partial charge in [-0.05, 0) is 49.4 Å². The Morgan fingerprint density at radius 1 is 0.906 bits per heavy atom. The molecule has 6 nitrogen and oxygen atoms in total. The number of hydrogen-bond donors (Lipinski definition) is 1. The molecule has 32 heavy (non-hydrogen) atoms. The number of amides is 2. The average molecular weight is 435 g/mol. The van der Waals surface area contributed by atoms with Gasteiger partial charge in [0, 0.05) is 45.0 Å². The second-order valence-corrected chi connectivity index (χ2v) is 9.02. The molecule has 0 aliphatic carbocycles. The van der Waals surface area contributed by atoms with Crippen LogP contribution in [0.25, 0.3) is 0 Å². The Morgan fingerprint density at radius 3 is 2.28 bits per heavy atom. The SMILES string of the molecule is Cc1ccc(C)c(NC(=O)[C@@H](c2ccccc2)N2CCN(CC(=O)N3CCCC3)CC2)c1. The number of nitrogens with one attached hydrogen (secondary N) is 1. The zero-order valence-electron chi connectivity index (χ0n) is 19.2. The molecule has 0 unspecified atom stereocenters. The number of piperazine rings is 1. The summed E-state index contributed by atoms with van der Waals surface area (Å²) >= 11 is 0. The summed E-state index contributed by atoms with van der Waals surface area (Å²) in [5.74, 6) is 0.231. The summed E-state index contributed by atoms with van der Waals surface area (Å²) in [4.78, 5) is 32.5. The molecule has 1 N–H and O–H groups in total. The first-order valence-electron chi connectivity index (χ1n) is 11.7. The van der Waals surface area contributed by atoms with E-state index in [1.807, 2.05) is 61.2 Å². The van der Waals surface area contributed by atoms with E-state index < -0.39 is 0 Å². The van der Waals surface area contributed by atoms with Crippen molar-refractivity contribution in [3.05, 3.63) is 65.2 Å². The van der Waals surface area contributed by atoms with E-state index in [1.54, 1.807) is 0 Å². The van der Waals surface area contributed by atoms with Crippen LogP contribution in [0.3, 0.4) is 0 Å². The first kappa shape index (κ1) is 22.5. The van der Waals surface area contributed by atoms with Gasteiger partial charge in [-0.3, -0.25) is 19.4 Å². The van der Waals surface area contributed by atoms with Gasteiger partial charge in [0.2, 0.25) is 11.8 Å². The van der Waals surface area contributed by atoms with E-state index in [0.717, 1.165) is 74.5 Å². The highest BCUT2D eigenvalue weighted by atomic mass is 16.2. The van der Waals surface area contributed by atoms with E-state index in [-0.39, 0.29) is 17.9 Å². The van der Waals surface area contributed by atoms with Crippen LogP contribution >= 0.6 is 0 Å². The number of aryl methyl sites for hydroxylation is 2. The van der Waals surface area contributed by atoms with Crippen molar-refractivity contribution in [3.63, 3.8) is 0 Å². The average Bonchev–Trinajstić information content (AvgIpc) is 3.34. The smallest absolute Gasteiger partial charge is 0.246 e. The molecule has 2 fully saturated rings. The molecule has 0 saturated carbocycles. The van der Waals surface area contributed by atoms with Gasteiger partial charge in [-0.1, -0.05) is 42.5 Å². The third kappa shape index (κ3) is 5.37. The van der Waals surface area contributed by atoms with E-state index in [4.69, 9.17) is 0 Å². The Labute approximate surface area is 191 Å². The molecule has 1 atom stereocenters. The molecular weight excluding hydrogens is 400 g/mol. The Hall–Kier alpha value is -2.70. The van der Waals surface area contributed by atoms with Crippen molar-refractivity contribution in [2.24, 2.45) is 0 Å². The normalized spacial score (nSPS) is 18.5. The number of anilines is 1. The van der Waals surface area contributed by atoms with Crippen molar-refractivity contribution in [3.8, 4) is 0 Å². The van der Waals surface area contributed by atoms with Crippen LogP contribution in [0, 0.1) is 13.8 Å². The molecule has 2 aliphatic rings. The molecule has 2 heterocycles. The molecule has 2 amide bonds. The van der Waals surface area contributed by atoms with Gasteiger partial charge < -0.3 is 10.2 Å². The van der Waals surface area contributed by atoms with Gasteiger partial charge >= 0.3 is 0 Å². The minimum Gasteiger partial charge on any atom is -0.342 e. The van der Waals surface area contributed by atoms with Crippen LogP contribution in [0.2, 0.25) is 0 Å². The first-order chi connectivity index (χ1) is 15.5. The van der Waals surface area contributed by atoms with E-state index in [1.165, 1.54) is 0 Å². The van der Waals surface area contributed by atoms with E-state index in [9.17, 15) is 9.59 Å². The highest BCUT2D eigenvalue weighted by Gasteiger charge is 2.31. The van der Waals surface area contributed by atoms with Gasteiger partial charge in [-0.25, -0.2) is 0 Å². The summed E-state index contributed by atoms with van der Waals surface area (Å²) in [5.41, 5.74) is 4.04. The zero-order chi connectivity index (χ0) is 22.5. The molecule has 6 heteroatoms. The van der Waals surface area contributed by atoms with Crippen molar-refractivity contribution >= 4 is 17.5 Å². The number of likely N-dealkylation sites (tertiary alicyclic amines) is 1. The second-order valence-electron chi connectivity index (χ2n) is 9.02. The lowest BCUT2D eigenvalue weighted by molar-refractivity contribution is -0.132. The minimum absolute atomic E-state index is 0.00788. The fraction of sp³-hybridized carbons (Fsp3) is 0.462. The molecule has 2 aromatic carbocycles. The van der Waals surface area contributed by atoms with Crippen LogP contribution < -0.4 is 5.32 Å². The lowest BCUT2D eigenvalue weighted by atomic mass is 10.0. The number of hydrogen-bond acceptors (Lipinski definition) is 4. The molecule has 4 rings (SSSR count). The number of carbonyl (C=O) groups excluding carboxylic acids is 2. The van der Waals surface area contributed by atoms with Gasteiger partial charge in [0.25, 0.3) is 0 Å². The van der Waals surface area contributed by atoms with Crippen molar-refractivity contribution in [1.29, 1.82) is 0 Å². The first-order valence-corrected chi connectivity index (χ1v) is 11.7.